The van der Waals surface area contributed by atoms with Crippen LogP contribution in [0.25, 0.3) is 0 Å². The molecule has 2 rings (SSSR count). The van der Waals surface area contributed by atoms with Crippen LogP contribution >= 0.6 is 28.3 Å². The lowest BCUT2D eigenvalue weighted by molar-refractivity contribution is 0.837. The van der Waals surface area contributed by atoms with Gasteiger partial charge in [-0.2, -0.15) is 0 Å². The monoisotopic (exact) mass is 247 g/mol. The van der Waals surface area contributed by atoms with Gasteiger partial charge in [0.15, 0.2) is 0 Å². The predicted octanol–water partition coefficient (Wildman–Crippen LogP) is 3.23. The molecule has 3 heteroatoms. The zero-order chi connectivity index (χ0) is 7.84. The largest absolute Gasteiger partial charge is 0.382 e. The minimum Gasteiger partial charge on any atom is -0.382 e. The number of nitrogens with one attached hydrogen (secondary N) is 1. The highest BCUT2D eigenvalue weighted by molar-refractivity contribution is 9.10. The van der Waals surface area contributed by atoms with E-state index in [9.17, 15) is 0 Å². The molecule has 0 saturated heterocycles. The van der Waals surface area contributed by atoms with E-state index in [1.807, 2.05) is 0 Å². The predicted molar refractivity (Wildman–Crippen MR) is 58.2 cm³/mol. The molecule has 0 bridgehead atoms. The Bertz CT molecular complexity index is 288. The molecule has 0 spiro atoms. The second-order valence-electron chi connectivity index (χ2n) is 3.02. The van der Waals surface area contributed by atoms with E-state index in [-0.39, 0.29) is 12.4 Å². The Balaban J connectivity index is 0.000000720. The van der Waals surface area contributed by atoms with Crippen LogP contribution in [0.5, 0.6) is 0 Å². The van der Waals surface area contributed by atoms with Crippen LogP contribution in [0.15, 0.2) is 22.7 Å². The molecule has 1 atom stereocenters. The number of fused-ring (bicyclic) bond motifs is 1. The van der Waals surface area contributed by atoms with Crippen LogP contribution in [0.3, 0.4) is 0 Å². The molecule has 0 radical (unpaired) electrons. The summed E-state index contributed by atoms with van der Waals surface area (Å²) in [6.45, 7) is 2.20. The molecule has 1 aliphatic rings. The first kappa shape index (κ1) is 9.87. The highest BCUT2D eigenvalue weighted by Crippen LogP contribution is 2.31. The molecule has 66 valence electrons. The molecule has 1 unspecified atom stereocenters. The maximum absolute atomic E-state index is 3.53. The van der Waals surface area contributed by atoms with Crippen molar-refractivity contribution in [3.8, 4) is 0 Å². The van der Waals surface area contributed by atoms with Gasteiger partial charge in [0, 0.05) is 16.2 Å². The minimum absolute atomic E-state index is 0. The summed E-state index contributed by atoms with van der Waals surface area (Å²) in [6, 6.07) is 6.87. The summed E-state index contributed by atoms with van der Waals surface area (Å²) in [6.07, 6.45) is 1.14. The van der Waals surface area contributed by atoms with Gasteiger partial charge >= 0.3 is 0 Å². The molecule has 0 aromatic heterocycles. The first-order chi connectivity index (χ1) is 5.27. The van der Waals surface area contributed by atoms with Gasteiger partial charge in [0.25, 0.3) is 0 Å². The number of anilines is 1. The molecule has 0 amide bonds. The van der Waals surface area contributed by atoms with Crippen LogP contribution < -0.4 is 5.32 Å². The van der Waals surface area contributed by atoms with Crippen molar-refractivity contribution in [1.29, 1.82) is 0 Å². The van der Waals surface area contributed by atoms with E-state index in [4.69, 9.17) is 0 Å². The van der Waals surface area contributed by atoms with Gasteiger partial charge in [-0.25, -0.2) is 0 Å². The van der Waals surface area contributed by atoms with E-state index in [1.165, 1.54) is 15.7 Å². The second kappa shape index (κ2) is 3.67. The third-order valence-corrected chi connectivity index (χ3v) is 2.77. The van der Waals surface area contributed by atoms with Crippen molar-refractivity contribution in [1.82, 2.24) is 0 Å². The summed E-state index contributed by atoms with van der Waals surface area (Å²) in [5, 5.41) is 3.41. The fraction of sp³-hybridized carbons (Fsp3) is 0.333. The number of halogens is 2. The zero-order valence-electron chi connectivity index (χ0n) is 6.80. The van der Waals surface area contributed by atoms with Crippen LogP contribution in [-0.4, -0.2) is 6.04 Å². The van der Waals surface area contributed by atoms with Crippen molar-refractivity contribution in [2.75, 3.05) is 5.32 Å². The van der Waals surface area contributed by atoms with Gasteiger partial charge in [-0.3, -0.25) is 0 Å². The van der Waals surface area contributed by atoms with E-state index < -0.39 is 0 Å². The molecule has 1 aliphatic heterocycles. The van der Waals surface area contributed by atoms with Crippen molar-refractivity contribution in [3.05, 3.63) is 28.2 Å². The Hall–Kier alpha value is -0.210. The van der Waals surface area contributed by atoms with Crippen LogP contribution in [0.4, 0.5) is 5.69 Å². The summed E-state index contributed by atoms with van der Waals surface area (Å²) in [5.74, 6) is 0. The summed E-state index contributed by atoms with van der Waals surface area (Å²) in [5.41, 5.74) is 2.70. The Morgan fingerprint density at radius 1 is 1.50 bits per heavy atom. The lowest BCUT2D eigenvalue weighted by atomic mass is 10.1. The number of benzene rings is 1. The summed E-state index contributed by atoms with van der Waals surface area (Å²) < 4.78 is 1.23. The Morgan fingerprint density at radius 3 is 2.92 bits per heavy atom. The SMILES string of the molecule is CC1Cc2c(Br)cccc2N1.Cl. The molecule has 0 saturated carbocycles. The fourth-order valence-electron chi connectivity index (χ4n) is 1.52. The first-order valence-corrected chi connectivity index (χ1v) is 4.60. The second-order valence-corrected chi connectivity index (χ2v) is 3.87. The van der Waals surface area contributed by atoms with Crippen molar-refractivity contribution < 1.29 is 0 Å². The quantitative estimate of drug-likeness (QED) is 0.743. The average molecular weight is 249 g/mol. The molecule has 1 nitrogen and oxygen atoms in total. The molecule has 12 heavy (non-hydrogen) atoms. The summed E-state index contributed by atoms with van der Waals surface area (Å²) >= 11 is 3.53. The maximum Gasteiger partial charge on any atom is 0.0387 e. The normalized spacial score (nSPS) is 19.3. The van der Waals surface area contributed by atoms with E-state index in [2.05, 4.69) is 46.4 Å². The third-order valence-electron chi connectivity index (χ3n) is 2.03. The summed E-state index contributed by atoms with van der Waals surface area (Å²) in [4.78, 5) is 0. The average Bonchev–Trinajstić information content (AvgIpc) is 2.31. The van der Waals surface area contributed by atoms with Gasteiger partial charge in [0.05, 0.1) is 0 Å². The van der Waals surface area contributed by atoms with Crippen molar-refractivity contribution >= 4 is 34.0 Å². The third kappa shape index (κ3) is 1.59. The zero-order valence-corrected chi connectivity index (χ0v) is 9.21. The molecule has 0 aliphatic carbocycles. The molecule has 1 N–H and O–H groups in total. The van der Waals surface area contributed by atoms with E-state index in [0.717, 1.165) is 6.42 Å². The van der Waals surface area contributed by atoms with Gasteiger partial charge in [-0.1, -0.05) is 22.0 Å². The lowest BCUT2D eigenvalue weighted by Gasteiger charge is -2.00. The van der Waals surface area contributed by atoms with Crippen molar-refractivity contribution in [2.45, 2.75) is 19.4 Å². The molecule has 1 aromatic rings. The minimum atomic E-state index is 0. The van der Waals surface area contributed by atoms with Crippen LogP contribution in [0.2, 0.25) is 0 Å². The van der Waals surface area contributed by atoms with Gasteiger partial charge in [0.2, 0.25) is 0 Å². The van der Waals surface area contributed by atoms with Crippen LogP contribution in [0.1, 0.15) is 12.5 Å². The lowest BCUT2D eigenvalue weighted by Crippen LogP contribution is -2.08. The molecular weight excluding hydrogens is 237 g/mol. The van der Waals surface area contributed by atoms with E-state index >= 15 is 0 Å². The van der Waals surface area contributed by atoms with E-state index in [0.29, 0.717) is 6.04 Å². The number of rotatable bonds is 0. The Labute approximate surface area is 87.1 Å². The fourth-order valence-corrected chi connectivity index (χ4v) is 2.05. The maximum atomic E-state index is 3.53. The molecular formula is C9H11BrClN. The molecule has 1 aromatic carbocycles. The Morgan fingerprint density at radius 2 is 2.25 bits per heavy atom. The highest BCUT2D eigenvalue weighted by atomic mass is 79.9. The van der Waals surface area contributed by atoms with E-state index in [1.54, 1.807) is 0 Å². The van der Waals surface area contributed by atoms with Gasteiger partial charge < -0.3 is 5.32 Å². The Kier molecular flexibility index (Phi) is 3.02. The van der Waals surface area contributed by atoms with Crippen molar-refractivity contribution in [2.24, 2.45) is 0 Å². The van der Waals surface area contributed by atoms with Crippen LogP contribution in [0, 0.1) is 0 Å². The molecule has 1 heterocycles. The smallest absolute Gasteiger partial charge is 0.0387 e. The van der Waals surface area contributed by atoms with Crippen molar-refractivity contribution in [3.63, 3.8) is 0 Å². The van der Waals surface area contributed by atoms with Gasteiger partial charge in [-0.15, -0.1) is 12.4 Å². The van der Waals surface area contributed by atoms with Gasteiger partial charge in [0.1, 0.15) is 0 Å². The van der Waals surface area contributed by atoms with Crippen LogP contribution in [-0.2, 0) is 6.42 Å². The highest BCUT2D eigenvalue weighted by Gasteiger charge is 2.17. The van der Waals surface area contributed by atoms with Gasteiger partial charge in [-0.05, 0) is 31.0 Å². The topological polar surface area (TPSA) is 12.0 Å². The number of hydrogen-bond acceptors (Lipinski definition) is 1. The standard InChI is InChI=1S/C9H10BrN.ClH/c1-6-5-7-8(10)3-2-4-9(7)11-6;/h2-4,6,11H,5H2,1H3;1H. The molecule has 0 fully saturated rings. The first-order valence-electron chi connectivity index (χ1n) is 3.81. The number of hydrogen-bond donors (Lipinski definition) is 1. The summed E-state index contributed by atoms with van der Waals surface area (Å²) in [7, 11) is 0.